The molecule has 3 rings (SSSR count). The fourth-order valence-corrected chi connectivity index (χ4v) is 3.19. The standard InChI is InChI=1S/C12H19N3O/c1-14-11-8-15(9-4-2-3-5-9)7-6-10(11)12(16)13-14/h9H,2-8H2,1H3,(H,13,16). The quantitative estimate of drug-likeness (QED) is 0.769. The minimum Gasteiger partial charge on any atom is -0.294 e. The first-order valence-electron chi connectivity index (χ1n) is 6.26. The molecule has 1 aromatic rings. The van der Waals surface area contributed by atoms with Crippen LogP contribution in [0.25, 0.3) is 0 Å². The van der Waals surface area contributed by atoms with Gasteiger partial charge in [-0.1, -0.05) is 12.8 Å². The van der Waals surface area contributed by atoms with Crippen molar-refractivity contribution in [2.45, 2.75) is 44.7 Å². The van der Waals surface area contributed by atoms with Gasteiger partial charge in [0.15, 0.2) is 0 Å². The molecule has 1 aliphatic heterocycles. The highest BCUT2D eigenvalue weighted by molar-refractivity contribution is 5.21. The molecule has 0 spiro atoms. The van der Waals surface area contributed by atoms with E-state index >= 15 is 0 Å². The highest BCUT2D eigenvalue weighted by Crippen LogP contribution is 2.27. The first kappa shape index (κ1) is 10.1. The summed E-state index contributed by atoms with van der Waals surface area (Å²) in [5, 5.41) is 2.86. The molecular weight excluding hydrogens is 202 g/mol. The Morgan fingerprint density at radius 2 is 2.06 bits per heavy atom. The first-order valence-corrected chi connectivity index (χ1v) is 6.26. The average molecular weight is 221 g/mol. The van der Waals surface area contributed by atoms with Crippen molar-refractivity contribution in [1.29, 1.82) is 0 Å². The van der Waals surface area contributed by atoms with E-state index in [1.165, 1.54) is 31.4 Å². The van der Waals surface area contributed by atoms with Crippen LogP contribution in [0.15, 0.2) is 4.79 Å². The number of aromatic nitrogens is 2. The molecule has 0 radical (unpaired) electrons. The van der Waals surface area contributed by atoms with Crippen LogP contribution in [0.1, 0.15) is 36.9 Å². The summed E-state index contributed by atoms with van der Waals surface area (Å²) in [5.74, 6) is 0. The van der Waals surface area contributed by atoms with Crippen molar-refractivity contribution in [3.63, 3.8) is 0 Å². The molecule has 88 valence electrons. The molecule has 0 amide bonds. The van der Waals surface area contributed by atoms with Crippen LogP contribution in [0.2, 0.25) is 0 Å². The van der Waals surface area contributed by atoms with Crippen LogP contribution in [0, 0.1) is 0 Å². The van der Waals surface area contributed by atoms with E-state index in [4.69, 9.17) is 0 Å². The number of nitrogens with one attached hydrogen (secondary N) is 1. The largest absolute Gasteiger partial charge is 0.294 e. The predicted molar refractivity (Wildman–Crippen MR) is 62.4 cm³/mol. The predicted octanol–water partition coefficient (Wildman–Crippen LogP) is 1.01. The lowest BCUT2D eigenvalue weighted by Gasteiger charge is -2.32. The van der Waals surface area contributed by atoms with E-state index in [-0.39, 0.29) is 5.56 Å². The number of hydrogen-bond acceptors (Lipinski definition) is 2. The summed E-state index contributed by atoms with van der Waals surface area (Å²) < 4.78 is 1.90. The molecule has 2 heterocycles. The third-order valence-electron chi connectivity index (χ3n) is 4.14. The van der Waals surface area contributed by atoms with E-state index in [0.29, 0.717) is 0 Å². The molecule has 4 nitrogen and oxygen atoms in total. The van der Waals surface area contributed by atoms with Gasteiger partial charge in [0, 0.05) is 31.7 Å². The number of fused-ring (bicyclic) bond motifs is 1. The average Bonchev–Trinajstić information content (AvgIpc) is 2.88. The molecule has 0 saturated heterocycles. The maximum Gasteiger partial charge on any atom is 0.267 e. The molecule has 4 heteroatoms. The Balaban J connectivity index is 1.85. The second-order valence-electron chi connectivity index (χ2n) is 5.08. The Labute approximate surface area is 95.2 Å². The van der Waals surface area contributed by atoms with Crippen LogP contribution in [-0.2, 0) is 20.0 Å². The first-order chi connectivity index (χ1) is 7.75. The van der Waals surface area contributed by atoms with Crippen LogP contribution in [0.5, 0.6) is 0 Å². The van der Waals surface area contributed by atoms with Gasteiger partial charge in [-0.3, -0.25) is 19.5 Å². The highest BCUT2D eigenvalue weighted by atomic mass is 16.1. The maximum absolute atomic E-state index is 11.6. The Morgan fingerprint density at radius 1 is 1.31 bits per heavy atom. The lowest BCUT2D eigenvalue weighted by molar-refractivity contribution is 0.176. The summed E-state index contributed by atoms with van der Waals surface area (Å²) in [4.78, 5) is 14.2. The van der Waals surface area contributed by atoms with Crippen molar-refractivity contribution in [2.24, 2.45) is 7.05 Å². The summed E-state index contributed by atoms with van der Waals surface area (Å²) >= 11 is 0. The summed E-state index contributed by atoms with van der Waals surface area (Å²) in [6, 6.07) is 0.762. The van der Waals surface area contributed by atoms with E-state index in [9.17, 15) is 4.79 Å². The third-order valence-corrected chi connectivity index (χ3v) is 4.14. The van der Waals surface area contributed by atoms with Gasteiger partial charge in [-0.25, -0.2) is 0 Å². The SMILES string of the molecule is Cn1[nH]c(=O)c2c1CN(C1CCCC1)CC2. The van der Waals surface area contributed by atoms with Gasteiger partial charge in [0.2, 0.25) is 0 Å². The molecule has 0 aromatic carbocycles. The Morgan fingerprint density at radius 3 is 2.81 bits per heavy atom. The number of rotatable bonds is 1. The molecule has 1 saturated carbocycles. The van der Waals surface area contributed by atoms with Crippen molar-refractivity contribution in [3.05, 3.63) is 21.6 Å². The molecule has 0 unspecified atom stereocenters. The summed E-state index contributed by atoms with van der Waals surface area (Å²) in [6.45, 7) is 2.01. The van der Waals surface area contributed by atoms with Crippen molar-refractivity contribution in [1.82, 2.24) is 14.7 Å². The molecule has 1 aromatic heterocycles. The summed E-state index contributed by atoms with van der Waals surface area (Å²) in [6.07, 6.45) is 6.35. The van der Waals surface area contributed by atoms with Gasteiger partial charge < -0.3 is 0 Å². The van der Waals surface area contributed by atoms with Crippen LogP contribution in [0.3, 0.4) is 0 Å². The molecule has 2 aliphatic rings. The third kappa shape index (κ3) is 1.52. The lowest BCUT2D eigenvalue weighted by atomic mass is 10.0. The maximum atomic E-state index is 11.6. The normalized spacial score (nSPS) is 22.6. The van der Waals surface area contributed by atoms with E-state index in [1.54, 1.807) is 0 Å². The minimum atomic E-state index is 0.114. The molecule has 0 bridgehead atoms. The van der Waals surface area contributed by atoms with Crippen LogP contribution in [0.4, 0.5) is 0 Å². The van der Waals surface area contributed by atoms with Gasteiger partial charge in [0.1, 0.15) is 0 Å². The van der Waals surface area contributed by atoms with Gasteiger partial charge in [-0.15, -0.1) is 0 Å². The van der Waals surface area contributed by atoms with E-state index in [2.05, 4.69) is 10.00 Å². The van der Waals surface area contributed by atoms with Crippen LogP contribution < -0.4 is 5.56 Å². The van der Waals surface area contributed by atoms with E-state index in [1.807, 2.05) is 11.7 Å². The number of H-pyrrole nitrogens is 1. The summed E-state index contributed by atoms with van der Waals surface area (Å²) in [7, 11) is 1.94. The van der Waals surface area contributed by atoms with Crippen LogP contribution in [-0.4, -0.2) is 27.3 Å². The number of nitrogens with zero attached hydrogens (tertiary/aromatic N) is 2. The van der Waals surface area contributed by atoms with Crippen molar-refractivity contribution >= 4 is 0 Å². The van der Waals surface area contributed by atoms with E-state index in [0.717, 1.165) is 31.1 Å². The van der Waals surface area contributed by atoms with Gasteiger partial charge in [-0.2, -0.15) is 0 Å². The second-order valence-corrected chi connectivity index (χ2v) is 5.08. The zero-order valence-corrected chi connectivity index (χ0v) is 9.83. The Bertz CT molecular complexity index is 440. The zero-order chi connectivity index (χ0) is 11.1. The van der Waals surface area contributed by atoms with Gasteiger partial charge >= 0.3 is 0 Å². The fraction of sp³-hybridized carbons (Fsp3) is 0.750. The summed E-state index contributed by atoms with van der Waals surface area (Å²) in [5.41, 5.74) is 2.32. The molecule has 16 heavy (non-hydrogen) atoms. The highest BCUT2D eigenvalue weighted by Gasteiger charge is 2.28. The topological polar surface area (TPSA) is 41.0 Å². The van der Waals surface area contributed by atoms with Gasteiger partial charge in [0.25, 0.3) is 5.56 Å². The second kappa shape index (κ2) is 3.77. The Hall–Kier alpha value is -1.03. The zero-order valence-electron chi connectivity index (χ0n) is 9.83. The molecule has 1 N–H and O–H groups in total. The fourth-order valence-electron chi connectivity index (χ4n) is 3.19. The molecule has 1 fully saturated rings. The number of aromatic amines is 1. The molecular formula is C12H19N3O. The van der Waals surface area contributed by atoms with Crippen LogP contribution >= 0.6 is 0 Å². The lowest BCUT2D eigenvalue weighted by Crippen LogP contribution is -2.38. The van der Waals surface area contributed by atoms with E-state index < -0.39 is 0 Å². The van der Waals surface area contributed by atoms with Gasteiger partial charge in [0.05, 0.1) is 5.69 Å². The monoisotopic (exact) mass is 221 g/mol. The van der Waals surface area contributed by atoms with Crippen molar-refractivity contribution in [2.75, 3.05) is 6.54 Å². The number of hydrogen-bond donors (Lipinski definition) is 1. The minimum absolute atomic E-state index is 0.114. The molecule has 1 aliphatic carbocycles. The number of aryl methyl sites for hydroxylation is 1. The van der Waals surface area contributed by atoms with Crippen molar-refractivity contribution < 1.29 is 0 Å². The smallest absolute Gasteiger partial charge is 0.267 e. The van der Waals surface area contributed by atoms with Crippen molar-refractivity contribution in [3.8, 4) is 0 Å². The van der Waals surface area contributed by atoms with Gasteiger partial charge in [-0.05, 0) is 19.3 Å². The molecule has 0 atom stereocenters. The Kier molecular flexibility index (Phi) is 2.39.